The molecule has 0 radical (unpaired) electrons. The Kier molecular flexibility index (Phi) is 4.36. The summed E-state index contributed by atoms with van der Waals surface area (Å²) in [6.07, 6.45) is 0. The third-order valence-corrected chi connectivity index (χ3v) is 3.08. The maximum atomic E-state index is 12.7. The molecule has 0 fully saturated rings. The maximum absolute atomic E-state index is 12.7. The molecule has 0 saturated heterocycles. The van der Waals surface area contributed by atoms with E-state index in [1.807, 2.05) is 0 Å². The van der Waals surface area contributed by atoms with Gasteiger partial charge in [-0.1, -0.05) is 11.8 Å². The van der Waals surface area contributed by atoms with Gasteiger partial charge in [-0.3, -0.25) is 9.59 Å². The fraction of sp³-hybridized carbons (Fsp3) is 0.0833. The van der Waals surface area contributed by atoms with E-state index in [2.05, 4.69) is 15.3 Å². The summed E-state index contributed by atoms with van der Waals surface area (Å²) in [5.74, 6) is -0.537. The van der Waals surface area contributed by atoms with E-state index >= 15 is 0 Å². The number of halogens is 1. The first-order chi connectivity index (χ1) is 9.52. The predicted molar refractivity (Wildman–Crippen MR) is 75.0 cm³/mol. The molecular formula is C12H11FN4O2S. The van der Waals surface area contributed by atoms with Crippen LogP contribution in [0.25, 0.3) is 0 Å². The van der Waals surface area contributed by atoms with E-state index in [1.165, 1.54) is 24.3 Å². The van der Waals surface area contributed by atoms with E-state index in [4.69, 9.17) is 5.73 Å². The van der Waals surface area contributed by atoms with Gasteiger partial charge in [0.25, 0.3) is 5.56 Å². The number of nitrogens with one attached hydrogen (secondary N) is 2. The van der Waals surface area contributed by atoms with Crippen molar-refractivity contribution in [1.29, 1.82) is 0 Å². The van der Waals surface area contributed by atoms with Crippen molar-refractivity contribution in [3.8, 4) is 0 Å². The van der Waals surface area contributed by atoms with E-state index in [0.29, 0.717) is 5.69 Å². The Hall–Kier alpha value is -2.35. The lowest BCUT2D eigenvalue weighted by Gasteiger charge is -2.04. The zero-order valence-electron chi connectivity index (χ0n) is 10.2. The van der Waals surface area contributed by atoms with Crippen molar-refractivity contribution in [3.05, 3.63) is 46.5 Å². The highest BCUT2D eigenvalue weighted by Crippen LogP contribution is 2.13. The highest BCUT2D eigenvalue weighted by molar-refractivity contribution is 7.99. The highest BCUT2D eigenvalue weighted by Gasteiger charge is 2.06. The maximum Gasteiger partial charge on any atom is 0.253 e. The molecule has 1 heterocycles. The molecule has 1 amide bonds. The molecule has 0 bridgehead atoms. The van der Waals surface area contributed by atoms with Crippen LogP contribution in [0.3, 0.4) is 0 Å². The number of aromatic nitrogens is 2. The molecule has 104 valence electrons. The first-order valence-electron chi connectivity index (χ1n) is 5.58. The summed E-state index contributed by atoms with van der Waals surface area (Å²) in [5.41, 5.74) is 5.54. The molecule has 0 spiro atoms. The molecule has 2 aromatic rings. The Morgan fingerprint density at radius 2 is 2.10 bits per heavy atom. The van der Waals surface area contributed by atoms with Gasteiger partial charge in [-0.15, -0.1) is 0 Å². The minimum Gasteiger partial charge on any atom is -0.383 e. The third-order valence-electron chi connectivity index (χ3n) is 2.21. The van der Waals surface area contributed by atoms with Crippen LogP contribution in [0, 0.1) is 5.82 Å². The number of aromatic amines is 1. The number of H-pyrrole nitrogens is 1. The Bertz CT molecular complexity index is 672. The largest absolute Gasteiger partial charge is 0.383 e. The van der Waals surface area contributed by atoms with Gasteiger partial charge >= 0.3 is 0 Å². The van der Waals surface area contributed by atoms with Crippen molar-refractivity contribution in [2.24, 2.45) is 0 Å². The number of nitrogen functional groups attached to an aromatic ring is 1. The molecule has 0 aliphatic carbocycles. The minimum absolute atomic E-state index is 0.0454. The van der Waals surface area contributed by atoms with Gasteiger partial charge in [0.1, 0.15) is 11.6 Å². The van der Waals surface area contributed by atoms with Crippen LogP contribution in [0.1, 0.15) is 0 Å². The zero-order chi connectivity index (χ0) is 14.5. The average molecular weight is 294 g/mol. The summed E-state index contributed by atoms with van der Waals surface area (Å²) in [4.78, 5) is 29.2. The lowest BCUT2D eigenvalue weighted by Crippen LogP contribution is -2.15. The number of hydrogen-bond acceptors (Lipinski definition) is 5. The van der Waals surface area contributed by atoms with Gasteiger partial charge in [0.15, 0.2) is 5.16 Å². The SMILES string of the molecule is Nc1cc(=O)[nH]c(SCC(=O)Nc2ccc(F)cc2)n1. The first-order valence-corrected chi connectivity index (χ1v) is 6.56. The second-order valence-electron chi connectivity index (χ2n) is 3.82. The van der Waals surface area contributed by atoms with Crippen molar-refractivity contribution in [3.63, 3.8) is 0 Å². The van der Waals surface area contributed by atoms with Gasteiger partial charge in [0.05, 0.1) is 5.75 Å². The number of anilines is 2. The molecule has 0 aliphatic rings. The van der Waals surface area contributed by atoms with Gasteiger partial charge in [0.2, 0.25) is 5.91 Å². The monoisotopic (exact) mass is 294 g/mol. The number of rotatable bonds is 4. The smallest absolute Gasteiger partial charge is 0.253 e. The van der Waals surface area contributed by atoms with Crippen molar-refractivity contribution < 1.29 is 9.18 Å². The van der Waals surface area contributed by atoms with Crippen LogP contribution in [0.5, 0.6) is 0 Å². The molecule has 2 rings (SSSR count). The van der Waals surface area contributed by atoms with Gasteiger partial charge in [-0.05, 0) is 24.3 Å². The zero-order valence-corrected chi connectivity index (χ0v) is 11.0. The molecule has 8 heteroatoms. The van der Waals surface area contributed by atoms with Crippen LogP contribution in [-0.2, 0) is 4.79 Å². The topological polar surface area (TPSA) is 101 Å². The van der Waals surface area contributed by atoms with Crippen LogP contribution in [-0.4, -0.2) is 21.6 Å². The molecule has 0 saturated carbocycles. The Morgan fingerprint density at radius 1 is 1.40 bits per heavy atom. The number of carbonyl (C=O) groups is 1. The first kappa shape index (κ1) is 14.1. The quantitative estimate of drug-likeness (QED) is 0.581. The van der Waals surface area contributed by atoms with Crippen LogP contribution >= 0.6 is 11.8 Å². The Morgan fingerprint density at radius 3 is 2.75 bits per heavy atom. The summed E-state index contributed by atoms with van der Waals surface area (Å²) >= 11 is 1.05. The number of hydrogen-bond donors (Lipinski definition) is 3. The third kappa shape index (κ3) is 4.09. The molecule has 1 aromatic carbocycles. The molecule has 0 unspecified atom stereocenters. The van der Waals surface area contributed by atoms with Gasteiger partial charge < -0.3 is 16.0 Å². The van der Waals surface area contributed by atoms with Crippen molar-refractivity contribution in [1.82, 2.24) is 9.97 Å². The number of thioether (sulfide) groups is 1. The molecule has 1 aromatic heterocycles. The number of carbonyl (C=O) groups excluding carboxylic acids is 1. The Labute approximate surface area is 117 Å². The Balaban J connectivity index is 1.92. The normalized spacial score (nSPS) is 10.2. The highest BCUT2D eigenvalue weighted by atomic mass is 32.2. The average Bonchev–Trinajstić information content (AvgIpc) is 2.38. The van der Waals surface area contributed by atoms with Crippen LogP contribution < -0.4 is 16.6 Å². The van der Waals surface area contributed by atoms with E-state index in [0.717, 1.165) is 17.8 Å². The number of amides is 1. The van der Waals surface area contributed by atoms with Gasteiger partial charge in [0, 0.05) is 11.8 Å². The summed E-state index contributed by atoms with van der Waals surface area (Å²) < 4.78 is 12.7. The molecule has 6 nitrogen and oxygen atoms in total. The van der Waals surface area contributed by atoms with Gasteiger partial charge in [-0.2, -0.15) is 0 Å². The number of benzene rings is 1. The lowest BCUT2D eigenvalue weighted by atomic mass is 10.3. The molecular weight excluding hydrogens is 283 g/mol. The van der Waals surface area contributed by atoms with Crippen LogP contribution in [0.15, 0.2) is 40.3 Å². The second-order valence-corrected chi connectivity index (χ2v) is 4.78. The summed E-state index contributed by atoms with van der Waals surface area (Å²) in [6.45, 7) is 0. The van der Waals surface area contributed by atoms with E-state index in [1.54, 1.807) is 0 Å². The number of nitrogens with two attached hydrogens (primary N) is 1. The molecule has 0 atom stereocenters. The van der Waals surface area contributed by atoms with Crippen LogP contribution in [0.4, 0.5) is 15.9 Å². The second kappa shape index (κ2) is 6.20. The molecule has 20 heavy (non-hydrogen) atoms. The van der Waals surface area contributed by atoms with Crippen molar-refractivity contribution in [2.75, 3.05) is 16.8 Å². The van der Waals surface area contributed by atoms with E-state index in [9.17, 15) is 14.0 Å². The van der Waals surface area contributed by atoms with Gasteiger partial charge in [-0.25, -0.2) is 9.37 Å². The molecule has 4 N–H and O–H groups in total. The molecule has 0 aliphatic heterocycles. The summed E-state index contributed by atoms with van der Waals surface area (Å²) in [6, 6.07) is 6.57. The van der Waals surface area contributed by atoms with Crippen molar-refractivity contribution >= 4 is 29.2 Å². The van der Waals surface area contributed by atoms with Crippen molar-refractivity contribution in [2.45, 2.75) is 5.16 Å². The standard InChI is InChI=1S/C12H11FN4O2S/c13-7-1-3-8(4-2-7)15-11(19)6-20-12-16-9(14)5-10(18)17-12/h1-5H,6H2,(H,15,19)(H3,14,16,17,18). The van der Waals surface area contributed by atoms with E-state index < -0.39 is 0 Å². The van der Waals surface area contributed by atoms with E-state index in [-0.39, 0.29) is 34.0 Å². The summed E-state index contributed by atoms with van der Waals surface area (Å²) in [7, 11) is 0. The minimum atomic E-state index is -0.376. The lowest BCUT2D eigenvalue weighted by molar-refractivity contribution is -0.113. The van der Waals surface area contributed by atoms with Crippen LogP contribution in [0.2, 0.25) is 0 Å². The number of nitrogens with zero attached hydrogens (tertiary/aromatic N) is 1. The fourth-order valence-electron chi connectivity index (χ4n) is 1.39. The predicted octanol–water partition coefficient (Wildman–Crippen LogP) is 1.22. The summed E-state index contributed by atoms with van der Waals surface area (Å²) in [5, 5.41) is 2.86. The fourth-order valence-corrected chi connectivity index (χ4v) is 2.07.